The molecule has 2 atom stereocenters. The summed E-state index contributed by atoms with van der Waals surface area (Å²) in [5.41, 5.74) is 0.259. The minimum Gasteiger partial charge on any atom is -0.497 e. The number of allylic oxidation sites excluding steroid dienone is 1. The van der Waals surface area contributed by atoms with E-state index in [9.17, 15) is 8.78 Å². The van der Waals surface area contributed by atoms with E-state index in [0.29, 0.717) is 4.61 Å². The molecule has 132 valence electrons. The lowest BCUT2D eigenvalue weighted by atomic mass is 9.99. The number of methoxy groups -OCH3 is 1. The summed E-state index contributed by atoms with van der Waals surface area (Å²) in [5, 5.41) is -0.456. The van der Waals surface area contributed by atoms with Gasteiger partial charge in [0, 0.05) is 22.7 Å². The van der Waals surface area contributed by atoms with Crippen molar-refractivity contribution in [1.82, 2.24) is 0 Å². The molecule has 0 spiro atoms. The first kappa shape index (κ1) is 18.7. The zero-order chi connectivity index (χ0) is 18.5. The van der Waals surface area contributed by atoms with Crippen molar-refractivity contribution in [3.05, 3.63) is 70.3 Å². The van der Waals surface area contributed by atoms with Gasteiger partial charge in [-0.25, -0.2) is 8.78 Å². The van der Waals surface area contributed by atoms with Gasteiger partial charge in [-0.15, -0.1) is 11.8 Å². The summed E-state index contributed by atoms with van der Waals surface area (Å²) in [5.74, 6) is 5.35. The Bertz CT molecular complexity index is 916. The van der Waals surface area contributed by atoms with Crippen LogP contribution < -0.4 is 4.74 Å². The Morgan fingerprint density at radius 2 is 1.96 bits per heavy atom. The molecule has 1 aliphatic heterocycles. The maximum atomic E-state index is 14.5. The van der Waals surface area contributed by atoms with Crippen molar-refractivity contribution < 1.29 is 13.5 Å². The largest absolute Gasteiger partial charge is 0.497 e. The molecule has 6 heteroatoms. The lowest BCUT2D eigenvalue weighted by Gasteiger charge is -2.21. The molecule has 0 aliphatic carbocycles. The van der Waals surface area contributed by atoms with Crippen LogP contribution in [0, 0.1) is 29.4 Å². The summed E-state index contributed by atoms with van der Waals surface area (Å²) in [4.78, 5) is 5.15. The minimum absolute atomic E-state index is 0.259. The Morgan fingerprint density at radius 1 is 1.19 bits per heavy atom. The summed E-state index contributed by atoms with van der Waals surface area (Å²) in [6.45, 7) is 0. The third-order valence-electron chi connectivity index (χ3n) is 3.71. The number of benzene rings is 2. The van der Waals surface area contributed by atoms with E-state index < -0.39 is 16.9 Å². The van der Waals surface area contributed by atoms with E-state index >= 15 is 0 Å². The molecule has 0 N–H and O–H groups in total. The molecule has 3 rings (SSSR count). The Hall–Kier alpha value is -2.10. The Kier molecular flexibility index (Phi) is 6.12. The Morgan fingerprint density at radius 3 is 2.69 bits per heavy atom. The zero-order valence-electron chi connectivity index (χ0n) is 13.7. The molecule has 0 bridgehead atoms. The van der Waals surface area contributed by atoms with Crippen LogP contribution in [0.4, 0.5) is 8.78 Å². The van der Waals surface area contributed by atoms with Gasteiger partial charge in [0.25, 0.3) is 0 Å². The van der Waals surface area contributed by atoms with Crippen molar-refractivity contribution in [2.45, 2.75) is 10.1 Å². The quantitative estimate of drug-likeness (QED) is 0.340. The van der Waals surface area contributed by atoms with Crippen LogP contribution in [0.3, 0.4) is 0 Å². The maximum absolute atomic E-state index is 14.5. The van der Waals surface area contributed by atoms with Gasteiger partial charge in [-0.2, -0.15) is 0 Å². The topological polar surface area (TPSA) is 21.6 Å². The fourth-order valence-corrected chi connectivity index (χ4v) is 3.85. The number of halogens is 3. The van der Waals surface area contributed by atoms with E-state index in [4.69, 9.17) is 4.74 Å². The van der Waals surface area contributed by atoms with Gasteiger partial charge in [0.2, 0.25) is 0 Å². The van der Waals surface area contributed by atoms with Gasteiger partial charge in [-0.05, 0) is 58.4 Å². The molecule has 1 aliphatic rings. The Labute approximate surface area is 163 Å². The highest BCUT2D eigenvalue weighted by Crippen LogP contribution is 2.42. The molecule has 2 nitrogen and oxygen atoms in total. The number of ether oxygens (including phenoxy) is 1. The van der Waals surface area contributed by atoms with Gasteiger partial charge in [0.1, 0.15) is 22.0 Å². The zero-order valence-corrected chi connectivity index (χ0v) is 16.2. The van der Waals surface area contributed by atoms with Crippen molar-refractivity contribution in [2.24, 2.45) is 10.9 Å². The van der Waals surface area contributed by atoms with Crippen LogP contribution in [0.25, 0.3) is 0 Å². The molecule has 0 saturated heterocycles. The van der Waals surface area contributed by atoms with Crippen molar-refractivity contribution in [3.63, 3.8) is 0 Å². The molecule has 1 heterocycles. The molecular weight excluding hydrogens is 420 g/mol. The number of nitrogens with zero attached hydrogens (tertiary/aromatic N) is 1. The predicted molar refractivity (Wildman–Crippen MR) is 105 cm³/mol. The fourth-order valence-electron chi connectivity index (χ4n) is 2.44. The molecule has 26 heavy (non-hydrogen) atoms. The van der Waals surface area contributed by atoms with Crippen molar-refractivity contribution >= 4 is 33.9 Å². The van der Waals surface area contributed by atoms with E-state index in [1.54, 1.807) is 19.4 Å². The molecule has 0 fully saturated rings. The van der Waals surface area contributed by atoms with Crippen LogP contribution >= 0.6 is 27.7 Å². The molecule has 0 saturated carbocycles. The molecule has 2 aromatic rings. The number of rotatable bonds is 5. The number of aliphatic imine (C=N–C) groups is 1. The van der Waals surface area contributed by atoms with Crippen LogP contribution in [0.1, 0.15) is 10.8 Å². The van der Waals surface area contributed by atoms with Gasteiger partial charge < -0.3 is 4.74 Å². The van der Waals surface area contributed by atoms with E-state index in [0.717, 1.165) is 22.8 Å². The van der Waals surface area contributed by atoms with E-state index in [1.807, 2.05) is 24.3 Å². The van der Waals surface area contributed by atoms with Crippen molar-refractivity contribution in [3.8, 4) is 17.6 Å². The summed E-state index contributed by atoms with van der Waals surface area (Å²) in [6.07, 6.45) is 3.29. The van der Waals surface area contributed by atoms with Gasteiger partial charge in [0.15, 0.2) is 0 Å². The Balaban J connectivity index is 1.99. The first-order valence-corrected chi connectivity index (χ1v) is 9.40. The SMILES string of the molecule is COc1ccc(SC(c2cc(F)ccc2F)C2C#CC=C(Br)N=C2)cc1. The highest BCUT2D eigenvalue weighted by molar-refractivity contribution is 9.11. The average molecular weight is 434 g/mol. The van der Waals surface area contributed by atoms with E-state index in [2.05, 4.69) is 32.8 Å². The van der Waals surface area contributed by atoms with Gasteiger partial charge in [-0.1, -0.05) is 11.8 Å². The molecule has 2 unspecified atom stereocenters. The lowest BCUT2D eigenvalue weighted by molar-refractivity contribution is 0.414. The van der Waals surface area contributed by atoms with Crippen LogP contribution in [-0.4, -0.2) is 13.3 Å². The van der Waals surface area contributed by atoms with Crippen LogP contribution in [0.2, 0.25) is 0 Å². The summed E-state index contributed by atoms with van der Waals surface area (Å²) in [6, 6.07) is 10.9. The van der Waals surface area contributed by atoms with E-state index in [-0.39, 0.29) is 11.5 Å². The minimum atomic E-state index is -0.487. The number of hydrogen-bond acceptors (Lipinski definition) is 3. The molecule has 2 aromatic carbocycles. The predicted octanol–water partition coefficient (Wildman–Crippen LogP) is 5.75. The monoisotopic (exact) mass is 433 g/mol. The maximum Gasteiger partial charge on any atom is 0.127 e. The van der Waals surface area contributed by atoms with E-state index in [1.165, 1.54) is 17.8 Å². The first-order valence-electron chi connectivity index (χ1n) is 7.73. The standard InChI is InChI=1S/C20H14BrF2NOS/c1-25-15-6-8-16(9-7-15)26-20(13-3-2-4-19(21)24-12-13)17-11-14(22)5-10-18(17)23/h4-13,20H,1H3. The smallest absolute Gasteiger partial charge is 0.127 e. The third kappa shape index (κ3) is 4.54. The lowest BCUT2D eigenvalue weighted by Crippen LogP contribution is -2.12. The molecule has 0 radical (unpaired) electrons. The molecule has 0 amide bonds. The second-order valence-electron chi connectivity index (χ2n) is 5.44. The van der Waals surface area contributed by atoms with Crippen molar-refractivity contribution in [2.75, 3.05) is 7.11 Å². The second kappa shape index (κ2) is 8.52. The van der Waals surface area contributed by atoms with Gasteiger partial charge in [-0.3, -0.25) is 4.99 Å². The van der Waals surface area contributed by atoms with Gasteiger partial charge in [0.05, 0.1) is 18.3 Å². The number of thioether (sulfide) groups is 1. The molecular formula is C20H14BrF2NOS. The van der Waals surface area contributed by atoms with Crippen LogP contribution in [0.5, 0.6) is 5.75 Å². The fraction of sp³-hybridized carbons (Fsp3) is 0.150. The normalized spacial score (nSPS) is 16.9. The van der Waals surface area contributed by atoms with Gasteiger partial charge >= 0.3 is 0 Å². The summed E-state index contributed by atoms with van der Waals surface area (Å²) in [7, 11) is 1.59. The highest BCUT2D eigenvalue weighted by Gasteiger charge is 2.26. The average Bonchev–Trinajstić information content (AvgIpc) is 2.87. The number of hydrogen-bond donors (Lipinski definition) is 0. The highest BCUT2D eigenvalue weighted by atomic mass is 79.9. The summed E-state index contributed by atoms with van der Waals surface area (Å²) >= 11 is 4.69. The second-order valence-corrected chi connectivity index (χ2v) is 7.47. The third-order valence-corrected chi connectivity index (χ3v) is 5.49. The summed E-state index contributed by atoms with van der Waals surface area (Å²) < 4.78 is 34.0. The van der Waals surface area contributed by atoms with Crippen LogP contribution in [-0.2, 0) is 0 Å². The first-order chi connectivity index (χ1) is 12.6. The molecule has 0 aromatic heterocycles. The van der Waals surface area contributed by atoms with Crippen molar-refractivity contribution in [1.29, 1.82) is 0 Å². The van der Waals surface area contributed by atoms with Crippen LogP contribution in [0.15, 0.2) is 63.0 Å².